The van der Waals surface area contributed by atoms with Crippen molar-refractivity contribution >= 4 is 0 Å². The van der Waals surface area contributed by atoms with Gasteiger partial charge in [0.25, 0.3) is 0 Å². The van der Waals surface area contributed by atoms with Gasteiger partial charge in [-0.05, 0) is 41.5 Å². The quantitative estimate of drug-likeness (QED) is 0.505. The monoisotopic (exact) mass is 351 g/mol. The van der Waals surface area contributed by atoms with E-state index in [1.54, 1.807) is 12.1 Å². The van der Waals surface area contributed by atoms with E-state index >= 15 is 0 Å². The number of phenols is 1. The predicted molar refractivity (Wildman–Crippen MR) is 107 cm³/mol. The summed E-state index contributed by atoms with van der Waals surface area (Å²) in [5, 5.41) is 9.91. The molecule has 0 atom stereocenters. The van der Waals surface area contributed by atoms with E-state index in [4.69, 9.17) is 9.72 Å². The van der Waals surface area contributed by atoms with Crippen molar-refractivity contribution in [3.8, 4) is 45.1 Å². The van der Waals surface area contributed by atoms with Crippen molar-refractivity contribution in [3.05, 3.63) is 90.5 Å². The Morgan fingerprint density at radius 1 is 0.741 bits per heavy atom. The third-order valence-electron chi connectivity index (χ3n) is 4.87. The van der Waals surface area contributed by atoms with Crippen LogP contribution >= 0.6 is 0 Å². The van der Waals surface area contributed by atoms with Gasteiger partial charge in [-0.15, -0.1) is 0 Å². The number of nitrogens with zero attached hydrogens (tertiary/aromatic N) is 1. The highest BCUT2D eigenvalue weighted by Crippen LogP contribution is 2.42. The first kappa shape index (κ1) is 15.6. The Morgan fingerprint density at radius 3 is 2.37 bits per heavy atom. The molecule has 1 aliphatic heterocycles. The number of hydrogen-bond acceptors (Lipinski definition) is 3. The Morgan fingerprint density at radius 2 is 1.52 bits per heavy atom. The number of pyridine rings is 1. The Kier molecular flexibility index (Phi) is 3.65. The van der Waals surface area contributed by atoms with E-state index in [0.29, 0.717) is 6.61 Å². The molecule has 0 aliphatic carbocycles. The molecule has 0 unspecified atom stereocenters. The Hall–Kier alpha value is -3.59. The van der Waals surface area contributed by atoms with Gasteiger partial charge in [0.2, 0.25) is 0 Å². The summed E-state index contributed by atoms with van der Waals surface area (Å²) >= 11 is 0. The van der Waals surface area contributed by atoms with Crippen LogP contribution in [-0.2, 0) is 6.61 Å². The molecule has 0 bridgehead atoms. The zero-order chi connectivity index (χ0) is 18.2. The van der Waals surface area contributed by atoms with Gasteiger partial charge < -0.3 is 9.84 Å². The molecule has 3 aromatic carbocycles. The van der Waals surface area contributed by atoms with E-state index in [9.17, 15) is 5.11 Å². The lowest BCUT2D eigenvalue weighted by molar-refractivity contribution is 0.302. The average molecular weight is 351 g/mol. The second kappa shape index (κ2) is 6.29. The van der Waals surface area contributed by atoms with Gasteiger partial charge in [-0.25, -0.2) is 4.98 Å². The molecular weight excluding hydrogens is 334 g/mol. The fourth-order valence-corrected chi connectivity index (χ4v) is 3.57. The average Bonchev–Trinajstić information content (AvgIpc) is 2.73. The number of phenolic OH excluding ortho intramolecular Hbond substituents is 1. The number of aromatic nitrogens is 1. The summed E-state index contributed by atoms with van der Waals surface area (Å²) in [4.78, 5) is 4.96. The SMILES string of the molecule is Oc1cccc(-c2cc(-c3ccccc3)c3c(n2)-c2ccccc2OC3)c1. The van der Waals surface area contributed by atoms with Crippen LogP contribution in [0, 0.1) is 0 Å². The molecule has 3 heteroatoms. The zero-order valence-electron chi connectivity index (χ0n) is 14.6. The Balaban J connectivity index is 1.81. The molecule has 0 fully saturated rings. The van der Waals surface area contributed by atoms with E-state index < -0.39 is 0 Å². The van der Waals surface area contributed by atoms with Crippen LogP contribution in [0.4, 0.5) is 0 Å². The van der Waals surface area contributed by atoms with Crippen LogP contribution in [0.1, 0.15) is 5.56 Å². The van der Waals surface area contributed by atoms with Crippen molar-refractivity contribution in [1.82, 2.24) is 4.98 Å². The molecule has 0 amide bonds. The molecule has 27 heavy (non-hydrogen) atoms. The van der Waals surface area contributed by atoms with Crippen LogP contribution in [0.3, 0.4) is 0 Å². The molecule has 1 N–H and O–H groups in total. The summed E-state index contributed by atoms with van der Waals surface area (Å²) in [6.07, 6.45) is 0. The molecule has 4 aromatic rings. The first-order valence-electron chi connectivity index (χ1n) is 8.90. The standard InChI is InChI=1S/C24H17NO2/c26-18-10-6-9-17(13-18)22-14-20(16-7-2-1-3-8-16)21-15-27-23-12-5-4-11-19(23)24(21)25-22/h1-14,26H,15H2. The van der Waals surface area contributed by atoms with Crippen LogP contribution in [0.15, 0.2) is 84.9 Å². The van der Waals surface area contributed by atoms with Crippen LogP contribution in [0.5, 0.6) is 11.5 Å². The topological polar surface area (TPSA) is 42.4 Å². The maximum absolute atomic E-state index is 9.91. The highest BCUT2D eigenvalue weighted by Gasteiger charge is 2.23. The highest BCUT2D eigenvalue weighted by molar-refractivity contribution is 5.83. The maximum Gasteiger partial charge on any atom is 0.129 e. The highest BCUT2D eigenvalue weighted by atomic mass is 16.5. The normalized spacial score (nSPS) is 12.0. The second-order valence-corrected chi connectivity index (χ2v) is 6.58. The molecule has 2 heterocycles. The van der Waals surface area contributed by atoms with Gasteiger partial charge in [-0.3, -0.25) is 0 Å². The minimum atomic E-state index is 0.233. The van der Waals surface area contributed by atoms with Crippen LogP contribution in [-0.4, -0.2) is 10.1 Å². The molecule has 5 rings (SSSR count). The number of rotatable bonds is 2. The van der Waals surface area contributed by atoms with Gasteiger partial charge in [-0.1, -0.05) is 54.6 Å². The number of ether oxygens (including phenoxy) is 1. The Bertz CT molecular complexity index is 1120. The van der Waals surface area contributed by atoms with Crippen LogP contribution < -0.4 is 4.74 Å². The molecule has 1 aromatic heterocycles. The van der Waals surface area contributed by atoms with Gasteiger partial charge in [0, 0.05) is 16.7 Å². The first-order chi connectivity index (χ1) is 13.3. The molecule has 3 nitrogen and oxygen atoms in total. The van der Waals surface area contributed by atoms with Crippen molar-refractivity contribution in [1.29, 1.82) is 0 Å². The molecule has 0 spiro atoms. The van der Waals surface area contributed by atoms with E-state index in [1.165, 1.54) is 0 Å². The minimum Gasteiger partial charge on any atom is -0.508 e. The summed E-state index contributed by atoms with van der Waals surface area (Å²) in [6, 6.07) is 27.6. The Labute approximate surface area is 157 Å². The van der Waals surface area contributed by atoms with Gasteiger partial charge in [0.1, 0.15) is 18.1 Å². The van der Waals surface area contributed by atoms with Crippen molar-refractivity contribution in [3.63, 3.8) is 0 Å². The van der Waals surface area contributed by atoms with Crippen molar-refractivity contribution < 1.29 is 9.84 Å². The van der Waals surface area contributed by atoms with Crippen LogP contribution in [0.25, 0.3) is 33.6 Å². The summed E-state index contributed by atoms with van der Waals surface area (Å²) in [7, 11) is 0. The molecule has 0 radical (unpaired) electrons. The van der Waals surface area contributed by atoms with E-state index in [1.807, 2.05) is 54.6 Å². The largest absolute Gasteiger partial charge is 0.508 e. The molecule has 0 saturated carbocycles. The van der Waals surface area contributed by atoms with Gasteiger partial charge >= 0.3 is 0 Å². The molecular formula is C24H17NO2. The van der Waals surface area contributed by atoms with Crippen LogP contribution in [0.2, 0.25) is 0 Å². The number of fused-ring (bicyclic) bond motifs is 3. The third-order valence-corrected chi connectivity index (χ3v) is 4.87. The van der Waals surface area contributed by atoms with Crippen molar-refractivity contribution in [2.45, 2.75) is 6.61 Å². The van der Waals surface area contributed by atoms with Crippen molar-refractivity contribution in [2.75, 3.05) is 0 Å². The summed E-state index contributed by atoms with van der Waals surface area (Å²) in [6.45, 7) is 0.490. The van der Waals surface area contributed by atoms with Gasteiger partial charge in [0.15, 0.2) is 0 Å². The number of hydrogen-bond donors (Lipinski definition) is 1. The fraction of sp³-hybridized carbons (Fsp3) is 0.0417. The predicted octanol–water partition coefficient (Wildman–Crippen LogP) is 5.68. The lowest BCUT2D eigenvalue weighted by atomic mass is 9.92. The summed E-state index contributed by atoms with van der Waals surface area (Å²) in [5.41, 5.74) is 6.98. The number of aromatic hydroxyl groups is 1. The summed E-state index contributed by atoms with van der Waals surface area (Å²) < 4.78 is 6.00. The zero-order valence-corrected chi connectivity index (χ0v) is 14.6. The molecule has 130 valence electrons. The number of benzene rings is 3. The smallest absolute Gasteiger partial charge is 0.129 e. The lowest BCUT2D eigenvalue weighted by Crippen LogP contribution is -2.09. The van der Waals surface area contributed by atoms with E-state index in [-0.39, 0.29) is 5.75 Å². The number of para-hydroxylation sites is 1. The minimum absolute atomic E-state index is 0.233. The lowest BCUT2D eigenvalue weighted by Gasteiger charge is -2.23. The second-order valence-electron chi connectivity index (χ2n) is 6.58. The molecule has 1 aliphatic rings. The first-order valence-corrected chi connectivity index (χ1v) is 8.90. The van der Waals surface area contributed by atoms with Gasteiger partial charge in [-0.2, -0.15) is 0 Å². The molecule has 0 saturated heterocycles. The van der Waals surface area contributed by atoms with E-state index in [2.05, 4.69) is 18.2 Å². The maximum atomic E-state index is 9.91. The fourth-order valence-electron chi connectivity index (χ4n) is 3.57. The van der Waals surface area contributed by atoms with Gasteiger partial charge in [0.05, 0.1) is 11.4 Å². The summed E-state index contributed by atoms with van der Waals surface area (Å²) in [5.74, 6) is 1.08. The van der Waals surface area contributed by atoms with E-state index in [0.717, 1.165) is 45.0 Å². The third kappa shape index (κ3) is 2.74. The van der Waals surface area contributed by atoms with Crippen molar-refractivity contribution in [2.24, 2.45) is 0 Å².